The van der Waals surface area contributed by atoms with E-state index in [1.165, 1.54) is 16.4 Å². The third-order valence-corrected chi connectivity index (χ3v) is 7.97. The molecule has 0 saturated carbocycles. The highest BCUT2D eigenvalue weighted by atomic mass is 35.5. The molecule has 2 heterocycles. The third kappa shape index (κ3) is 5.18. The lowest BCUT2D eigenvalue weighted by Crippen LogP contribution is -2.47. The Morgan fingerprint density at radius 1 is 1.12 bits per heavy atom. The van der Waals surface area contributed by atoms with Crippen LogP contribution in [-0.2, 0) is 27.7 Å². The molecule has 3 aromatic rings. The summed E-state index contributed by atoms with van der Waals surface area (Å²) in [5.74, 6) is 0. The van der Waals surface area contributed by atoms with Crippen molar-refractivity contribution in [2.45, 2.75) is 37.2 Å². The van der Waals surface area contributed by atoms with Crippen molar-refractivity contribution in [2.75, 3.05) is 17.5 Å². The van der Waals surface area contributed by atoms with Crippen LogP contribution in [0.15, 0.2) is 78.0 Å². The van der Waals surface area contributed by atoms with Gasteiger partial charge < -0.3 is 9.64 Å². The summed E-state index contributed by atoms with van der Waals surface area (Å²) in [6.07, 6.45) is 4.09. The first-order chi connectivity index (χ1) is 16.4. The molecule has 7 nitrogen and oxygen atoms in total. The second-order valence-electron chi connectivity index (χ2n) is 8.02. The SMILES string of the molecule is CCN(Cc1ccncc1)C(=O)OCC1CCc2ccccc2N1S(=O)(=O)c1ccc(Cl)cc1. The predicted octanol–water partition coefficient (Wildman–Crippen LogP) is 4.90. The molecule has 0 fully saturated rings. The number of fused-ring (bicyclic) bond motifs is 1. The molecule has 1 aliphatic heterocycles. The number of hydrogen-bond acceptors (Lipinski definition) is 5. The number of rotatable bonds is 7. The number of carbonyl (C=O) groups excluding carboxylic acids is 1. The van der Waals surface area contributed by atoms with Crippen LogP contribution in [0.2, 0.25) is 5.02 Å². The van der Waals surface area contributed by atoms with Gasteiger partial charge in [0.25, 0.3) is 10.0 Å². The van der Waals surface area contributed by atoms with E-state index in [1.54, 1.807) is 35.5 Å². The second-order valence-corrected chi connectivity index (χ2v) is 10.3. The fraction of sp³-hybridized carbons (Fsp3) is 0.280. The lowest BCUT2D eigenvalue weighted by molar-refractivity contribution is 0.0955. The zero-order chi connectivity index (χ0) is 24.1. The van der Waals surface area contributed by atoms with Gasteiger partial charge in [-0.15, -0.1) is 0 Å². The van der Waals surface area contributed by atoms with E-state index in [0.29, 0.717) is 36.6 Å². The molecule has 0 spiro atoms. The zero-order valence-corrected chi connectivity index (χ0v) is 20.4. The number of amides is 1. The molecule has 0 aliphatic carbocycles. The van der Waals surface area contributed by atoms with Crippen molar-refractivity contribution in [2.24, 2.45) is 0 Å². The zero-order valence-electron chi connectivity index (χ0n) is 18.8. The van der Waals surface area contributed by atoms with Gasteiger partial charge in [-0.25, -0.2) is 13.2 Å². The summed E-state index contributed by atoms with van der Waals surface area (Å²) in [6.45, 7) is 2.67. The number of benzene rings is 2. The van der Waals surface area contributed by atoms with Crippen molar-refractivity contribution < 1.29 is 17.9 Å². The Hall–Kier alpha value is -3.10. The van der Waals surface area contributed by atoms with Crippen molar-refractivity contribution in [1.29, 1.82) is 0 Å². The molecule has 0 bridgehead atoms. The van der Waals surface area contributed by atoms with Gasteiger partial charge in [0.2, 0.25) is 0 Å². The lowest BCUT2D eigenvalue weighted by Gasteiger charge is -2.37. The highest BCUT2D eigenvalue weighted by Gasteiger charge is 2.37. The number of halogens is 1. The Bertz CT molecular complexity index is 1240. The molecule has 2 aromatic carbocycles. The number of hydrogen-bond donors (Lipinski definition) is 0. The molecule has 0 saturated heterocycles. The molecular formula is C25H26ClN3O4S. The quantitative estimate of drug-likeness (QED) is 0.461. The molecular weight excluding hydrogens is 474 g/mol. The summed E-state index contributed by atoms with van der Waals surface area (Å²) in [4.78, 5) is 18.5. The standard InChI is InChI=1S/C25H26ClN3O4S/c1-2-28(17-19-13-15-27-16-14-19)25(30)33-18-22-10-7-20-5-3-4-6-24(20)29(22)34(31,32)23-11-8-21(26)9-12-23/h3-6,8-9,11-16,22H,2,7,10,17-18H2,1H3. The Balaban J connectivity index is 1.56. The van der Waals surface area contributed by atoms with Crippen LogP contribution < -0.4 is 4.31 Å². The van der Waals surface area contributed by atoms with Gasteiger partial charge in [-0.05, 0) is 73.4 Å². The molecule has 1 amide bonds. The minimum absolute atomic E-state index is 0.0488. The van der Waals surface area contributed by atoms with Crippen LogP contribution in [0.1, 0.15) is 24.5 Å². The fourth-order valence-corrected chi connectivity index (χ4v) is 5.87. The Morgan fingerprint density at radius 2 is 1.82 bits per heavy atom. The first kappa shape index (κ1) is 24.0. The Kier molecular flexibility index (Phi) is 7.38. The van der Waals surface area contributed by atoms with Crippen LogP contribution in [0.3, 0.4) is 0 Å². The number of ether oxygens (including phenoxy) is 1. The number of aromatic nitrogens is 1. The molecule has 178 valence electrons. The minimum Gasteiger partial charge on any atom is -0.447 e. The summed E-state index contributed by atoms with van der Waals surface area (Å²) in [6, 6.07) is 16.7. The van der Waals surface area contributed by atoms with E-state index in [2.05, 4.69) is 4.98 Å². The molecule has 34 heavy (non-hydrogen) atoms. The van der Waals surface area contributed by atoms with Crippen LogP contribution in [0.4, 0.5) is 10.5 Å². The van der Waals surface area contributed by atoms with Crippen LogP contribution in [0, 0.1) is 0 Å². The van der Waals surface area contributed by atoms with E-state index in [0.717, 1.165) is 11.1 Å². The number of aryl methyl sites for hydroxylation is 1. The Morgan fingerprint density at radius 3 is 2.53 bits per heavy atom. The molecule has 1 unspecified atom stereocenters. The first-order valence-corrected chi connectivity index (χ1v) is 12.9. The number of anilines is 1. The highest BCUT2D eigenvalue weighted by Crippen LogP contribution is 2.35. The maximum Gasteiger partial charge on any atom is 0.410 e. The number of carbonyl (C=O) groups is 1. The largest absolute Gasteiger partial charge is 0.447 e. The van der Waals surface area contributed by atoms with Gasteiger partial charge in [-0.2, -0.15) is 0 Å². The van der Waals surface area contributed by atoms with E-state index in [9.17, 15) is 13.2 Å². The average molecular weight is 500 g/mol. The first-order valence-electron chi connectivity index (χ1n) is 11.1. The number of nitrogens with zero attached hydrogens (tertiary/aromatic N) is 3. The normalized spacial score (nSPS) is 15.5. The predicted molar refractivity (Wildman–Crippen MR) is 131 cm³/mol. The molecule has 1 aromatic heterocycles. The van der Waals surface area contributed by atoms with Gasteiger partial charge in [0, 0.05) is 30.5 Å². The van der Waals surface area contributed by atoms with E-state index in [-0.39, 0.29) is 11.5 Å². The van der Waals surface area contributed by atoms with Crippen molar-refractivity contribution in [3.63, 3.8) is 0 Å². The van der Waals surface area contributed by atoms with Crippen molar-refractivity contribution in [1.82, 2.24) is 9.88 Å². The third-order valence-electron chi connectivity index (χ3n) is 5.84. The van der Waals surface area contributed by atoms with Crippen LogP contribution in [0.5, 0.6) is 0 Å². The minimum atomic E-state index is -3.90. The van der Waals surface area contributed by atoms with Gasteiger partial charge in [0.1, 0.15) is 6.61 Å². The van der Waals surface area contributed by atoms with Gasteiger partial charge >= 0.3 is 6.09 Å². The monoisotopic (exact) mass is 499 g/mol. The highest BCUT2D eigenvalue weighted by molar-refractivity contribution is 7.92. The molecule has 9 heteroatoms. The van der Waals surface area contributed by atoms with Crippen LogP contribution >= 0.6 is 11.6 Å². The van der Waals surface area contributed by atoms with E-state index >= 15 is 0 Å². The topological polar surface area (TPSA) is 79.8 Å². The number of pyridine rings is 1. The van der Waals surface area contributed by atoms with Crippen molar-refractivity contribution in [3.05, 3.63) is 89.2 Å². The van der Waals surface area contributed by atoms with Gasteiger partial charge in [-0.3, -0.25) is 9.29 Å². The summed E-state index contributed by atoms with van der Waals surface area (Å²) >= 11 is 5.97. The maximum atomic E-state index is 13.7. The lowest BCUT2D eigenvalue weighted by atomic mass is 9.98. The fourth-order valence-electron chi connectivity index (χ4n) is 4.04. The van der Waals surface area contributed by atoms with Gasteiger partial charge in [0.05, 0.1) is 16.6 Å². The van der Waals surface area contributed by atoms with E-state index in [1.807, 2.05) is 37.3 Å². The number of sulfonamides is 1. The van der Waals surface area contributed by atoms with Gasteiger partial charge in [0.15, 0.2) is 0 Å². The second kappa shape index (κ2) is 10.4. The van der Waals surface area contributed by atoms with E-state index in [4.69, 9.17) is 16.3 Å². The van der Waals surface area contributed by atoms with E-state index < -0.39 is 22.2 Å². The molecule has 0 N–H and O–H groups in total. The molecule has 1 aliphatic rings. The molecule has 1 atom stereocenters. The van der Waals surface area contributed by atoms with Crippen molar-refractivity contribution in [3.8, 4) is 0 Å². The Labute approximate surface area is 205 Å². The maximum absolute atomic E-state index is 13.7. The summed E-state index contributed by atoms with van der Waals surface area (Å²) in [5.41, 5.74) is 2.48. The van der Waals surface area contributed by atoms with Crippen molar-refractivity contribution >= 4 is 33.4 Å². The summed E-state index contributed by atoms with van der Waals surface area (Å²) in [5, 5.41) is 0.456. The summed E-state index contributed by atoms with van der Waals surface area (Å²) in [7, 11) is -3.90. The van der Waals surface area contributed by atoms with Gasteiger partial charge in [-0.1, -0.05) is 29.8 Å². The molecule has 4 rings (SSSR count). The molecule has 0 radical (unpaired) electrons. The smallest absolute Gasteiger partial charge is 0.410 e. The van der Waals surface area contributed by atoms with Crippen LogP contribution in [-0.4, -0.2) is 43.6 Å². The summed E-state index contributed by atoms with van der Waals surface area (Å²) < 4.78 is 34.4. The average Bonchev–Trinajstić information content (AvgIpc) is 2.86. The number of para-hydroxylation sites is 1. The van der Waals surface area contributed by atoms with Crippen LogP contribution in [0.25, 0.3) is 0 Å².